The largest absolute Gasteiger partial charge is 0.326 e. The molecule has 2 amide bonds. The monoisotopic (exact) mass is 494 g/mol. The summed E-state index contributed by atoms with van der Waals surface area (Å²) in [5.41, 5.74) is 1.84. The van der Waals surface area contributed by atoms with Crippen molar-refractivity contribution in [3.63, 3.8) is 0 Å². The highest BCUT2D eigenvalue weighted by Crippen LogP contribution is 2.21. The van der Waals surface area contributed by atoms with Gasteiger partial charge in [-0.15, -0.1) is 0 Å². The number of nitrogens with one attached hydrogen (secondary N) is 2. The van der Waals surface area contributed by atoms with E-state index in [1.54, 1.807) is 0 Å². The number of para-hydroxylation sites is 1. The molecule has 3 aromatic carbocycles. The normalized spacial score (nSPS) is 13.3. The quantitative estimate of drug-likeness (QED) is 0.494. The summed E-state index contributed by atoms with van der Waals surface area (Å²) in [7, 11) is -4.08. The highest BCUT2D eigenvalue weighted by molar-refractivity contribution is 7.92. The average Bonchev–Trinajstić information content (AvgIpc) is 3.35. The van der Waals surface area contributed by atoms with Gasteiger partial charge in [-0.2, -0.15) is 5.10 Å². The Hall–Kier alpha value is -4.05. The van der Waals surface area contributed by atoms with Crippen LogP contribution in [0.2, 0.25) is 0 Å². The molecule has 0 aliphatic carbocycles. The van der Waals surface area contributed by atoms with E-state index < -0.39 is 21.7 Å². The Balaban J connectivity index is 1.33. The predicted octanol–water partition coefficient (Wildman–Crippen LogP) is 3.98. The Kier molecular flexibility index (Phi) is 7.21. The molecule has 0 fully saturated rings. The predicted molar refractivity (Wildman–Crippen MR) is 131 cm³/mol. The van der Waals surface area contributed by atoms with Gasteiger partial charge in [0, 0.05) is 24.9 Å². The summed E-state index contributed by atoms with van der Waals surface area (Å²) in [6.45, 7) is 0.458. The van der Waals surface area contributed by atoms with E-state index in [4.69, 9.17) is 0 Å². The van der Waals surface area contributed by atoms with Crippen molar-refractivity contribution in [2.75, 3.05) is 16.6 Å². The van der Waals surface area contributed by atoms with Crippen LogP contribution in [0.25, 0.3) is 0 Å². The lowest BCUT2D eigenvalue weighted by Crippen LogP contribution is -2.25. The summed E-state index contributed by atoms with van der Waals surface area (Å²) in [5.74, 6) is -1.42. The van der Waals surface area contributed by atoms with E-state index in [0.717, 1.165) is 17.3 Å². The summed E-state index contributed by atoms with van der Waals surface area (Å²) in [6.07, 6.45) is 0.518. The molecule has 8 nitrogen and oxygen atoms in total. The first-order valence-corrected chi connectivity index (χ1v) is 12.4. The highest BCUT2D eigenvalue weighted by Gasteiger charge is 2.22. The van der Waals surface area contributed by atoms with Gasteiger partial charge in [0.2, 0.25) is 11.8 Å². The number of hydrogen-bond donors (Lipinski definition) is 2. The molecule has 180 valence electrons. The molecular weight excluding hydrogens is 471 g/mol. The van der Waals surface area contributed by atoms with Crippen LogP contribution in [0.1, 0.15) is 24.8 Å². The van der Waals surface area contributed by atoms with Gasteiger partial charge in [0.05, 0.1) is 22.8 Å². The van der Waals surface area contributed by atoms with Crippen LogP contribution in [0.3, 0.4) is 0 Å². The lowest BCUT2D eigenvalue weighted by Gasteiger charge is -2.12. The molecule has 0 unspecified atom stereocenters. The number of benzene rings is 3. The van der Waals surface area contributed by atoms with Crippen LogP contribution in [-0.4, -0.2) is 37.5 Å². The maximum absolute atomic E-state index is 13.8. The van der Waals surface area contributed by atoms with E-state index in [1.165, 1.54) is 47.5 Å². The fourth-order valence-corrected chi connectivity index (χ4v) is 4.65. The summed E-state index contributed by atoms with van der Waals surface area (Å²) < 4.78 is 41.3. The molecular formula is C25H23FN4O4S. The van der Waals surface area contributed by atoms with Crippen molar-refractivity contribution >= 4 is 38.9 Å². The Morgan fingerprint density at radius 3 is 2.46 bits per heavy atom. The molecule has 3 aromatic rings. The molecule has 10 heteroatoms. The molecule has 0 bridgehead atoms. The lowest BCUT2D eigenvalue weighted by atomic mass is 10.1. The molecule has 1 aliphatic rings. The van der Waals surface area contributed by atoms with Crippen molar-refractivity contribution in [2.45, 2.75) is 24.2 Å². The van der Waals surface area contributed by atoms with E-state index in [9.17, 15) is 22.4 Å². The van der Waals surface area contributed by atoms with Crippen LogP contribution in [0.15, 0.2) is 88.9 Å². The van der Waals surface area contributed by atoms with Gasteiger partial charge < -0.3 is 5.32 Å². The number of hydrazone groups is 1. The second kappa shape index (κ2) is 10.5. The molecule has 0 saturated carbocycles. The average molecular weight is 495 g/mol. The van der Waals surface area contributed by atoms with E-state index in [2.05, 4.69) is 15.1 Å². The molecule has 1 heterocycles. The first kappa shape index (κ1) is 24.1. The standard InChI is InChI=1S/C25H23FN4O4S/c26-21-11-4-5-12-23(21)29-35(33,34)20-10-6-9-19(17-20)27-24(31)13-14-25(32)30-16-15-22(28-30)18-7-2-1-3-8-18/h1-12,17,29H,13-16H2,(H,27,31). The van der Waals surface area contributed by atoms with Crippen LogP contribution in [-0.2, 0) is 19.6 Å². The Bertz CT molecular complexity index is 1380. The van der Waals surface area contributed by atoms with Crippen LogP contribution in [0.4, 0.5) is 15.8 Å². The topological polar surface area (TPSA) is 108 Å². The van der Waals surface area contributed by atoms with Crippen LogP contribution in [0.5, 0.6) is 0 Å². The fraction of sp³-hybridized carbons (Fsp3) is 0.160. The molecule has 0 aromatic heterocycles. The number of rotatable bonds is 8. The SMILES string of the molecule is O=C(CCC(=O)N1CCC(c2ccccc2)=N1)Nc1cccc(S(=O)(=O)Nc2ccccc2F)c1. The van der Waals surface area contributed by atoms with Crippen molar-refractivity contribution in [1.82, 2.24) is 5.01 Å². The van der Waals surface area contributed by atoms with E-state index in [1.807, 2.05) is 30.3 Å². The number of carbonyl (C=O) groups excluding carboxylic acids is 2. The molecule has 0 spiro atoms. The van der Waals surface area contributed by atoms with E-state index >= 15 is 0 Å². The molecule has 35 heavy (non-hydrogen) atoms. The van der Waals surface area contributed by atoms with Crippen molar-refractivity contribution in [3.8, 4) is 0 Å². The number of anilines is 2. The Labute approximate surface area is 202 Å². The van der Waals surface area contributed by atoms with Crippen molar-refractivity contribution in [1.29, 1.82) is 0 Å². The van der Waals surface area contributed by atoms with Crippen molar-refractivity contribution in [2.24, 2.45) is 5.10 Å². The maximum Gasteiger partial charge on any atom is 0.262 e. The third-order valence-corrected chi connectivity index (χ3v) is 6.67. The first-order valence-electron chi connectivity index (χ1n) is 10.9. The highest BCUT2D eigenvalue weighted by atomic mass is 32.2. The minimum absolute atomic E-state index is 0.0375. The molecule has 0 radical (unpaired) electrons. The van der Waals surface area contributed by atoms with Crippen LogP contribution in [0, 0.1) is 5.82 Å². The second-order valence-electron chi connectivity index (χ2n) is 7.84. The molecule has 1 aliphatic heterocycles. The minimum Gasteiger partial charge on any atom is -0.326 e. The molecule has 2 N–H and O–H groups in total. The van der Waals surface area contributed by atoms with Gasteiger partial charge in [-0.05, 0) is 35.9 Å². The van der Waals surface area contributed by atoms with Crippen molar-refractivity contribution < 1.29 is 22.4 Å². The van der Waals surface area contributed by atoms with Gasteiger partial charge in [-0.25, -0.2) is 17.8 Å². The van der Waals surface area contributed by atoms with Crippen molar-refractivity contribution in [3.05, 3.63) is 90.2 Å². The number of hydrogen-bond acceptors (Lipinski definition) is 5. The number of sulfonamides is 1. The molecule has 4 rings (SSSR count). The Morgan fingerprint density at radius 2 is 1.69 bits per heavy atom. The smallest absolute Gasteiger partial charge is 0.262 e. The van der Waals surface area contributed by atoms with E-state index in [0.29, 0.717) is 13.0 Å². The van der Waals surface area contributed by atoms with Gasteiger partial charge in [-0.1, -0.05) is 48.5 Å². The molecule has 0 atom stereocenters. The first-order chi connectivity index (χ1) is 16.8. The second-order valence-corrected chi connectivity index (χ2v) is 9.52. The number of nitrogens with zero attached hydrogens (tertiary/aromatic N) is 2. The number of carbonyl (C=O) groups is 2. The zero-order valence-corrected chi connectivity index (χ0v) is 19.5. The zero-order valence-electron chi connectivity index (χ0n) is 18.6. The third kappa shape index (κ3) is 6.10. The molecule has 0 saturated heterocycles. The minimum atomic E-state index is -4.08. The summed E-state index contributed by atoms with van der Waals surface area (Å²) in [6, 6.07) is 20.6. The van der Waals surface area contributed by atoms with Gasteiger partial charge >= 0.3 is 0 Å². The lowest BCUT2D eigenvalue weighted by molar-refractivity contribution is -0.132. The number of amides is 2. The third-order valence-electron chi connectivity index (χ3n) is 5.31. The number of halogens is 1. The summed E-state index contributed by atoms with van der Waals surface area (Å²) in [5, 5.41) is 8.34. The summed E-state index contributed by atoms with van der Waals surface area (Å²) >= 11 is 0. The fourth-order valence-electron chi connectivity index (χ4n) is 3.53. The zero-order chi connectivity index (χ0) is 24.8. The van der Waals surface area contributed by atoms with Gasteiger partial charge in [0.25, 0.3) is 10.0 Å². The van der Waals surface area contributed by atoms with Gasteiger partial charge in [0.1, 0.15) is 5.82 Å². The van der Waals surface area contributed by atoms with Crippen LogP contribution >= 0.6 is 0 Å². The van der Waals surface area contributed by atoms with Gasteiger partial charge in [-0.3, -0.25) is 14.3 Å². The van der Waals surface area contributed by atoms with Crippen LogP contribution < -0.4 is 10.0 Å². The Morgan fingerprint density at radius 1 is 0.943 bits per heavy atom. The van der Waals surface area contributed by atoms with E-state index in [-0.39, 0.29) is 35.0 Å². The maximum atomic E-state index is 13.8. The summed E-state index contributed by atoms with van der Waals surface area (Å²) in [4.78, 5) is 24.7. The van der Waals surface area contributed by atoms with Gasteiger partial charge in [0.15, 0.2) is 0 Å².